The highest BCUT2D eigenvalue weighted by molar-refractivity contribution is 5.62. The van der Waals surface area contributed by atoms with Crippen LogP contribution in [0.15, 0.2) is 18.2 Å². The molecule has 1 rings (SSSR count). The van der Waals surface area contributed by atoms with Gasteiger partial charge < -0.3 is 5.32 Å². The molecule has 0 fully saturated rings. The molecule has 118 valence electrons. The van der Waals surface area contributed by atoms with Crippen LogP contribution in [0.4, 0.5) is 11.4 Å². The van der Waals surface area contributed by atoms with Crippen LogP contribution in [0.5, 0.6) is 0 Å². The number of hydrogen-bond acceptors (Lipinski definition) is 4. The number of rotatable bonds is 6. The molecule has 0 radical (unpaired) electrons. The summed E-state index contributed by atoms with van der Waals surface area (Å²) < 4.78 is 0. The number of nitro benzene ring substituents is 1. The van der Waals surface area contributed by atoms with Crippen molar-refractivity contribution in [1.82, 2.24) is 4.90 Å². The summed E-state index contributed by atoms with van der Waals surface area (Å²) in [5, 5.41) is 14.1. The second kappa shape index (κ2) is 6.89. The van der Waals surface area contributed by atoms with Gasteiger partial charge in [0.2, 0.25) is 0 Å². The minimum absolute atomic E-state index is 0.132. The lowest BCUT2D eigenvalue weighted by molar-refractivity contribution is -0.384. The van der Waals surface area contributed by atoms with Crippen molar-refractivity contribution in [3.8, 4) is 0 Å². The summed E-state index contributed by atoms with van der Waals surface area (Å²) in [6.07, 6.45) is 0. The Labute approximate surface area is 127 Å². The number of hydrogen-bond donors (Lipinski definition) is 1. The highest BCUT2D eigenvalue weighted by Crippen LogP contribution is 2.28. The molecule has 0 amide bonds. The van der Waals surface area contributed by atoms with E-state index in [9.17, 15) is 10.1 Å². The first kappa shape index (κ1) is 17.4. The molecule has 1 atom stereocenters. The van der Waals surface area contributed by atoms with E-state index in [0.29, 0.717) is 18.3 Å². The molecule has 0 aliphatic rings. The zero-order valence-corrected chi connectivity index (χ0v) is 13.9. The number of anilines is 1. The van der Waals surface area contributed by atoms with E-state index >= 15 is 0 Å². The van der Waals surface area contributed by atoms with Crippen LogP contribution in [0.3, 0.4) is 0 Å². The van der Waals surface area contributed by atoms with Crippen molar-refractivity contribution >= 4 is 11.4 Å². The van der Waals surface area contributed by atoms with Gasteiger partial charge >= 0.3 is 0 Å². The van der Waals surface area contributed by atoms with Crippen molar-refractivity contribution in [3.63, 3.8) is 0 Å². The van der Waals surface area contributed by atoms with E-state index in [1.165, 1.54) is 0 Å². The lowest BCUT2D eigenvalue weighted by Gasteiger charge is -2.35. The van der Waals surface area contributed by atoms with E-state index in [1.807, 2.05) is 19.1 Å². The zero-order valence-electron chi connectivity index (χ0n) is 13.9. The van der Waals surface area contributed by atoms with E-state index in [4.69, 9.17) is 0 Å². The Kier molecular flexibility index (Phi) is 5.72. The quantitative estimate of drug-likeness (QED) is 0.638. The van der Waals surface area contributed by atoms with Crippen LogP contribution in [-0.2, 0) is 6.54 Å². The topological polar surface area (TPSA) is 58.4 Å². The van der Waals surface area contributed by atoms with Gasteiger partial charge in [0.1, 0.15) is 5.69 Å². The molecule has 5 nitrogen and oxygen atoms in total. The number of nitrogens with zero attached hydrogens (tertiary/aromatic N) is 2. The van der Waals surface area contributed by atoms with Crippen LogP contribution in [0.1, 0.15) is 40.2 Å². The maximum absolute atomic E-state index is 11.0. The van der Waals surface area contributed by atoms with Gasteiger partial charge in [-0.25, -0.2) is 0 Å². The average Bonchev–Trinajstić information content (AvgIpc) is 2.37. The van der Waals surface area contributed by atoms with Crippen LogP contribution in [0, 0.1) is 15.5 Å². The Bertz CT molecular complexity index is 495. The molecule has 1 N–H and O–H groups in total. The fourth-order valence-electron chi connectivity index (χ4n) is 2.26. The van der Waals surface area contributed by atoms with Crippen LogP contribution in [-0.4, -0.2) is 29.5 Å². The van der Waals surface area contributed by atoms with Crippen LogP contribution in [0.2, 0.25) is 0 Å². The third-order valence-electron chi connectivity index (χ3n) is 3.97. The first-order valence-electron chi connectivity index (χ1n) is 7.38. The fourth-order valence-corrected chi connectivity index (χ4v) is 2.26. The first-order chi connectivity index (χ1) is 9.66. The highest BCUT2D eigenvalue weighted by atomic mass is 16.6. The van der Waals surface area contributed by atoms with E-state index in [-0.39, 0.29) is 16.0 Å². The molecular formula is C16H27N3O2. The van der Waals surface area contributed by atoms with Crippen molar-refractivity contribution < 1.29 is 4.92 Å². The molecule has 0 aliphatic heterocycles. The standard InChI is InChI=1S/C16H27N3O2/c1-7-17-14-10-13(8-9-15(14)19(20)21)11-18(6)12(2)16(3,4)5/h8-10,12,17H,7,11H2,1-6H3. The largest absolute Gasteiger partial charge is 0.380 e. The fraction of sp³-hybridized carbons (Fsp3) is 0.625. The van der Waals surface area contributed by atoms with Crippen molar-refractivity contribution in [2.45, 2.75) is 47.2 Å². The van der Waals surface area contributed by atoms with Gasteiger partial charge in [0.05, 0.1) is 4.92 Å². The number of benzene rings is 1. The van der Waals surface area contributed by atoms with Crippen molar-refractivity contribution in [1.29, 1.82) is 0 Å². The van der Waals surface area contributed by atoms with Gasteiger partial charge in [0, 0.05) is 25.2 Å². The predicted octanol–water partition coefficient (Wildman–Crippen LogP) is 3.89. The van der Waals surface area contributed by atoms with Crippen molar-refractivity contribution in [2.75, 3.05) is 18.9 Å². The van der Waals surface area contributed by atoms with Gasteiger partial charge in [0.25, 0.3) is 5.69 Å². The molecule has 5 heteroatoms. The predicted molar refractivity (Wildman–Crippen MR) is 87.6 cm³/mol. The normalized spacial score (nSPS) is 13.3. The summed E-state index contributed by atoms with van der Waals surface area (Å²) >= 11 is 0. The molecule has 1 aromatic carbocycles. The van der Waals surface area contributed by atoms with Crippen molar-refractivity contribution in [3.05, 3.63) is 33.9 Å². The Morgan fingerprint density at radius 2 is 2.00 bits per heavy atom. The Morgan fingerprint density at radius 3 is 2.48 bits per heavy atom. The molecule has 0 saturated heterocycles. The Morgan fingerprint density at radius 1 is 1.38 bits per heavy atom. The summed E-state index contributed by atoms with van der Waals surface area (Å²) in [5.41, 5.74) is 2.00. The van der Waals surface area contributed by atoms with Gasteiger partial charge in [-0.15, -0.1) is 0 Å². The zero-order chi connectivity index (χ0) is 16.2. The van der Waals surface area contributed by atoms with E-state index in [2.05, 4.69) is 45.0 Å². The molecule has 0 heterocycles. The molecule has 21 heavy (non-hydrogen) atoms. The molecule has 1 unspecified atom stereocenters. The monoisotopic (exact) mass is 293 g/mol. The summed E-state index contributed by atoms with van der Waals surface area (Å²) in [6.45, 7) is 12.2. The Hall–Kier alpha value is -1.62. The Balaban J connectivity index is 2.94. The summed E-state index contributed by atoms with van der Waals surface area (Å²) in [6, 6.07) is 5.72. The van der Waals surface area contributed by atoms with E-state index in [0.717, 1.165) is 12.1 Å². The van der Waals surface area contributed by atoms with Crippen molar-refractivity contribution in [2.24, 2.45) is 5.41 Å². The van der Waals surface area contributed by atoms with Gasteiger partial charge in [-0.05, 0) is 37.9 Å². The van der Waals surface area contributed by atoms with Crippen LogP contribution in [0.25, 0.3) is 0 Å². The van der Waals surface area contributed by atoms with Gasteiger partial charge in [-0.3, -0.25) is 15.0 Å². The highest BCUT2D eigenvalue weighted by Gasteiger charge is 2.24. The molecule has 0 aromatic heterocycles. The molecule has 0 aliphatic carbocycles. The smallest absolute Gasteiger partial charge is 0.292 e. The summed E-state index contributed by atoms with van der Waals surface area (Å²) in [5.74, 6) is 0. The second-order valence-electron chi connectivity index (χ2n) is 6.60. The molecule has 0 bridgehead atoms. The van der Waals surface area contributed by atoms with Gasteiger partial charge in [-0.2, -0.15) is 0 Å². The third-order valence-corrected chi connectivity index (χ3v) is 3.97. The average molecular weight is 293 g/mol. The first-order valence-corrected chi connectivity index (χ1v) is 7.38. The maximum atomic E-state index is 11.0. The summed E-state index contributed by atoms with van der Waals surface area (Å²) in [7, 11) is 2.09. The lowest BCUT2D eigenvalue weighted by atomic mass is 9.87. The minimum atomic E-state index is -0.344. The third kappa shape index (κ3) is 4.70. The molecular weight excluding hydrogens is 266 g/mol. The molecule has 0 spiro atoms. The number of nitrogens with one attached hydrogen (secondary N) is 1. The maximum Gasteiger partial charge on any atom is 0.292 e. The van der Waals surface area contributed by atoms with Crippen LogP contribution < -0.4 is 5.32 Å². The van der Waals surface area contributed by atoms with E-state index < -0.39 is 0 Å². The van der Waals surface area contributed by atoms with Gasteiger partial charge in [0.15, 0.2) is 0 Å². The van der Waals surface area contributed by atoms with Gasteiger partial charge in [-0.1, -0.05) is 26.8 Å². The second-order valence-corrected chi connectivity index (χ2v) is 6.60. The lowest BCUT2D eigenvalue weighted by Crippen LogP contribution is -2.38. The minimum Gasteiger partial charge on any atom is -0.380 e. The molecule has 0 saturated carbocycles. The van der Waals surface area contributed by atoms with E-state index in [1.54, 1.807) is 6.07 Å². The van der Waals surface area contributed by atoms with Crippen LogP contribution >= 0.6 is 0 Å². The SMILES string of the molecule is CCNc1cc(CN(C)C(C)C(C)(C)C)ccc1[N+](=O)[O-]. The summed E-state index contributed by atoms with van der Waals surface area (Å²) in [4.78, 5) is 13.0. The number of nitro groups is 1. The molecule has 1 aromatic rings.